The molecule has 0 radical (unpaired) electrons. The molecule has 6 heteroatoms. The van der Waals surface area contributed by atoms with Gasteiger partial charge in [-0.3, -0.25) is 0 Å². The third-order valence-electron chi connectivity index (χ3n) is 3.87. The number of anilines is 2. The van der Waals surface area contributed by atoms with Gasteiger partial charge in [0.1, 0.15) is 11.6 Å². The zero-order valence-electron chi connectivity index (χ0n) is 13.5. The predicted octanol–water partition coefficient (Wildman–Crippen LogP) is 2.77. The van der Waals surface area contributed by atoms with Gasteiger partial charge < -0.3 is 15.5 Å². The van der Waals surface area contributed by atoms with Gasteiger partial charge in [0.15, 0.2) is 5.16 Å². The van der Waals surface area contributed by atoms with Gasteiger partial charge in [0.05, 0.1) is 0 Å². The number of aromatic nitrogens is 2. The first-order valence-corrected chi connectivity index (χ1v) is 8.99. The molecule has 0 aromatic carbocycles. The molecule has 0 spiro atoms. The Morgan fingerprint density at radius 3 is 2.62 bits per heavy atom. The van der Waals surface area contributed by atoms with Crippen molar-refractivity contribution in [2.75, 3.05) is 43.1 Å². The van der Waals surface area contributed by atoms with Crippen LogP contribution in [0.2, 0.25) is 0 Å². The molecule has 1 saturated heterocycles. The van der Waals surface area contributed by atoms with Crippen LogP contribution in [-0.4, -0.2) is 53.3 Å². The third-order valence-corrected chi connectivity index (χ3v) is 4.41. The van der Waals surface area contributed by atoms with Gasteiger partial charge in [-0.2, -0.15) is 0 Å². The smallest absolute Gasteiger partial charge is 0.191 e. The van der Waals surface area contributed by atoms with Crippen LogP contribution in [0.15, 0.2) is 11.2 Å². The van der Waals surface area contributed by atoms with Gasteiger partial charge in [0.25, 0.3) is 0 Å². The Morgan fingerprint density at radius 1 is 1.33 bits per heavy atom. The van der Waals surface area contributed by atoms with E-state index in [-0.39, 0.29) is 0 Å². The summed E-state index contributed by atoms with van der Waals surface area (Å²) in [4.78, 5) is 11.5. The number of hydrogen-bond acceptors (Lipinski definition) is 6. The van der Waals surface area contributed by atoms with Crippen molar-refractivity contribution in [3.05, 3.63) is 6.07 Å². The fourth-order valence-electron chi connectivity index (χ4n) is 2.63. The van der Waals surface area contributed by atoms with Crippen molar-refractivity contribution >= 4 is 23.4 Å². The minimum atomic E-state index is 0.650. The highest BCUT2D eigenvalue weighted by atomic mass is 32.2. The number of nitrogens with one attached hydrogen (secondary N) is 2. The molecule has 21 heavy (non-hydrogen) atoms. The topological polar surface area (TPSA) is 53.1 Å². The van der Waals surface area contributed by atoms with Crippen LogP contribution in [0.1, 0.15) is 27.2 Å². The molecule has 0 amide bonds. The van der Waals surface area contributed by atoms with Gasteiger partial charge in [0.2, 0.25) is 0 Å². The quantitative estimate of drug-likeness (QED) is 0.597. The van der Waals surface area contributed by atoms with Crippen LogP contribution >= 0.6 is 11.8 Å². The summed E-state index contributed by atoms with van der Waals surface area (Å²) in [7, 11) is 0. The molecule has 1 aliphatic rings. The molecule has 2 rings (SSSR count). The Bertz CT molecular complexity index is 452. The summed E-state index contributed by atoms with van der Waals surface area (Å²) < 4.78 is 0. The minimum Gasteiger partial charge on any atom is -0.370 e. The van der Waals surface area contributed by atoms with Gasteiger partial charge >= 0.3 is 0 Å². The SMILES string of the molecule is CCNc1cc(NCC2CCN(C(C)C)C2)nc(SC)n1. The van der Waals surface area contributed by atoms with Gasteiger partial charge in [-0.15, -0.1) is 0 Å². The molecule has 2 heterocycles. The van der Waals surface area contributed by atoms with Crippen molar-refractivity contribution in [2.24, 2.45) is 5.92 Å². The summed E-state index contributed by atoms with van der Waals surface area (Å²) in [5, 5.41) is 7.56. The Balaban J connectivity index is 1.92. The van der Waals surface area contributed by atoms with Gasteiger partial charge in [-0.25, -0.2) is 9.97 Å². The standard InChI is InChI=1S/C15H27N5S/c1-5-16-13-8-14(19-15(18-13)21-4)17-9-12-6-7-20(10-12)11(2)3/h8,11-12H,5-7,9-10H2,1-4H3,(H2,16,17,18,19). The zero-order chi connectivity index (χ0) is 15.2. The average Bonchev–Trinajstić information content (AvgIpc) is 2.94. The fraction of sp³-hybridized carbons (Fsp3) is 0.733. The van der Waals surface area contributed by atoms with E-state index in [0.29, 0.717) is 12.0 Å². The maximum absolute atomic E-state index is 4.54. The largest absolute Gasteiger partial charge is 0.370 e. The molecule has 1 unspecified atom stereocenters. The Morgan fingerprint density at radius 2 is 2.05 bits per heavy atom. The molecule has 1 aromatic rings. The molecule has 0 bridgehead atoms. The Kier molecular flexibility index (Phi) is 6.11. The van der Waals surface area contributed by atoms with E-state index in [0.717, 1.165) is 29.9 Å². The van der Waals surface area contributed by atoms with E-state index >= 15 is 0 Å². The second-order valence-electron chi connectivity index (χ2n) is 5.78. The first-order chi connectivity index (χ1) is 10.1. The molecular formula is C15H27N5S. The lowest BCUT2D eigenvalue weighted by atomic mass is 10.1. The third kappa shape index (κ3) is 4.74. The van der Waals surface area contributed by atoms with Crippen LogP contribution in [0, 0.1) is 5.92 Å². The highest BCUT2D eigenvalue weighted by Gasteiger charge is 2.23. The van der Waals surface area contributed by atoms with E-state index in [1.807, 2.05) is 12.3 Å². The monoisotopic (exact) mass is 309 g/mol. The molecular weight excluding hydrogens is 282 g/mol. The maximum Gasteiger partial charge on any atom is 0.191 e. The molecule has 2 N–H and O–H groups in total. The van der Waals surface area contributed by atoms with Crippen LogP contribution in [0.25, 0.3) is 0 Å². The van der Waals surface area contributed by atoms with Gasteiger partial charge in [-0.1, -0.05) is 11.8 Å². The van der Waals surface area contributed by atoms with Crippen molar-refractivity contribution in [3.63, 3.8) is 0 Å². The van der Waals surface area contributed by atoms with E-state index in [9.17, 15) is 0 Å². The Hall–Kier alpha value is -1.01. The lowest BCUT2D eigenvalue weighted by Gasteiger charge is -2.20. The predicted molar refractivity (Wildman–Crippen MR) is 91.3 cm³/mol. The van der Waals surface area contributed by atoms with Crippen molar-refractivity contribution in [2.45, 2.75) is 38.4 Å². The van der Waals surface area contributed by atoms with Crippen molar-refractivity contribution < 1.29 is 0 Å². The number of nitrogens with zero attached hydrogens (tertiary/aromatic N) is 3. The summed E-state index contributed by atoms with van der Waals surface area (Å²) in [6.45, 7) is 10.9. The second kappa shape index (κ2) is 7.84. The van der Waals surface area contributed by atoms with Crippen LogP contribution in [0.4, 0.5) is 11.6 Å². The molecule has 118 valence electrons. The molecule has 5 nitrogen and oxygen atoms in total. The first kappa shape index (κ1) is 16.4. The normalized spacial score (nSPS) is 19.2. The highest BCUT2D eigenvalue weighted by Crippen LogP contribution is 2.21. The van der Waals surface area contributed by atoms with E-state index in [1.165, 1.54) is 19.5 Å². The summed E-state index contributed by atoms with van der Waals surface area (Å²) in [6.07, 6.45) is 3.28. The molecule has 0 saturated carbocycles. The van der Waals surface area contributed by atoms with Crippen molar-refractivity contribution in [1.82, 2.24) is 14.9 Å². The van der Waals surface area contributed by atoms with E-state index in [4.69, 9.17) is 0 Å². The zero-order valence-corrected chi connectivity index (χ0v) is 14.3. The van der Waals surface area contributed by atoms with Crippen molar-refractivity contribution in [3.8, 4) is 0 Å². The highest BCUT2D eigenvalue weighted by molar-refractivity contribution is 7.98. The second-order valence-corrected chi connectivity index (χ2v) is 6.55. The number of rotatable bonds is 7. The van der Waals surface area contributed by atoms with E-state index in [2.05, 4.69) is 46.3 Å². The maximum atomic E-state index is 4.54. The number of likely N-dealkylation sites (tertiary alicyclic amines) is 1. The number of hydrogen-bond donors (Lipinski definition) is 2. The van der Waals surface area contributed by atoms with Crippen molar-refractivity contribution in [1.29, 1.82) is 0 Å². The van der Waals surface area contributed by atoms with E-state index in [1.54, 1.807) is 11.8 Å². The molecule has 0 aliphatic carbocycles. The summed E-state index contributed by atoms with van der Waals surface area (Å²) >= 11 is 1.57. The molecule has 1 aromatic heterocycles. The van der Waals surface area contributed by atoms with Crippen LogP contribution in [0.5, 0.6) is 0 Å². The lowest BCUT2D eigenvalue weighted by Crippen LogP contribution is -2.29. The van der Waals surface area contributed by atoms with Crippen LogP contribution < -0.4 is 10.6 Å². The van der Waals surface area contributed by atoms with Crippen LogP contribution in [-0.2, 0) is 0 Å². The fourth-order valence-corrected chi connectivity index (χ4v) is 3.01. The lowest BCUT2D eigenvalue weighted by molar-refractivity contribution is 0.266. The van der Waals surface area contributed by atoms with Crippen LogP contribution in [0.3, 0.4) is 0 Å². The summed E-state index contributed by atoms with van der Waals surface area (Å²) in [6, 6.07) is 2.65. The molecule has 1 aliphatic heterocycles. The molecule has 1 atom stereocenters. The Labute approximate surface area is 132 Å². The van der Waals surface area contributed by atoms with Gasteiger partial charge in [0, 0.05) is 31.7 Å². The first-order valence-electron chi connectivity index (χ1n) is 7.77. The molecule has 1 fully saturated rings. The number of thioether (sulfide) groups is 1. The summed E-state index contributed by atoms with van der Waals surface area (Å²) in [5.41, 5.74) is 0. The minimum absolute atomic E-state index is 0.650. The average molecular weight is 309 g/mol. The van der Waals surface area contributed by atoms with E-state index < -0.39 is 0 Å². The summed E-state index contributed by atoms with van der Waals surface area (Å²) in [5.74, 6) is 2.53. The van der Waals surface area contributed by atoms with Gasteiger partial charge in [-0.05, 0) is 45.9 Å².